The van der Waals surface area contributed by atoms with E-state index in [1.807, 2.05) is 13.8 Å². The number of hydrogen-bond acceptors (Lipinski definition) is 4. The molecule has 1 aliphatic heterocycles. The van der Waals surface area contributed by atoms with Gasteiger partial charge in [0.15, 0.2) is 0 Å². The Labute approximate surface area is 95.6 Å². The Bertz CT molecular complexity index is 351. The number of thiocarbonyl (C=S) groups is 1. The van der Waals surface area contributed by atoms with Crippen LogP contribution in [0.15, 0.2) is 0 Å². The molecule has 1 heterocycles. The molecule has 0 saturated carbocycles. The molecular weight excluding hydrogens is 236 g/mol. The zero-order valence-electron chi connectivity index (χ0n) is 8.89. The average molecular weight is 252 g/mol. The molecule has 0 aliphatic carbocycles. The van der Waals surface area contributed by atoms with E-state index in [1.165, 1.54) is 4.31 Å². The number of rotatable bonds is 3. The van der Waals surface area contributed by atoms with Crippen LogP contribution in [0.25, 0.3) is 0 Å². The largest absolute Gasteiger partial charge is 0.392 e. The molecule has 7 heteroatoms. The van der Waals surface area contributed by atoms with Crippen LogP contribution in [-0.2, 0) is 14.8 Å². The van der Waals surface area contributed by atoms with Gasteiger partial charge in [0.1, 0.15) is 5.75 Å². The van der Waals surface area contributed by atoms with E-state index in [4.69, 9.17) is 10.5 Å². The summed E-state index contributed by atoms with van der Waals surface area (Å²) in [6.07, 6.45) is 0. The van der Waals surface area contributed by atoms with Crippen LogP contribution in [0.4, 0.5) is 0 Å². The Morgan fingerprint density at radius 3 is 2.67 bits per heavy atom. The van der Waals surface area contributed by atoms with Crippen molar-refractivity contribution in [2.24, 2.45) is 5.73 Å². The number of nitrogens with two attached hydrogens (primary N) is 1. The second-order valence-electron chi connectivity index (χ2n) is 4.16. The van der Waals surface area contributed by atoms with E-state index < -0.39 is 15.6 Å². The summed E-state index contributed by atoms with van der Waals surface area (Å²) in [6.45, 7) is 4.81. The number of hydrogen-bond donors (Lipinski definition) is 1. The summed E-state index contributed by atoms with van der Waals surface area (Å²) in [5.41, 5.74) is 4.74. The SMILES string of the molecule is CC1(C)COCCN1S(=O)(=O)CC(N)=S. The molecule has 0 aromatic carbocycles. The second-order valence-corrected chi connectivity index (χ2v) is 6.58. The van der Waals surface area contributed by atoms with Gasteiger partial charge in [-0.2, -0.15) is 4.31 Å². The maximum absolute atomic E-state index is 11.9. The van der Waals surface area contributed by atoms with Crippen LogP contribution in [0.1, 0.15) is 13.8 Å². The smallest absolute Gasteiger partial charge is 0.221 e. The first-order chi connectivity index (χ1) is 6.76. The van der Waals surface area contributed by atoms with Crippen LogP contribution in [0.5, 0.6) is 0 Å². The number of sulfonamides is 1. The quantitative estimate of drug-likeness (QED) is 0.699. The fourth-order valence-electron chi connectivity index (χ4n) is 1.62. The normalized spacial score (nSPS) is 22.5. The highest BCUT2D eigenvalue weighted by Crippen LogP contribution is 2.22. The molecule has 0 unspecified atom stereocenters. The van der Waals surface area contributed by atoms with Gasteiger partial charge in [-0.05, 0) is 13.8 Å². The summed E-state index contributed by atoms with van der Waals surface area (Å²) in [5.74, 6) is -0.272. The fourth-order valence-corrected chi connectivity index (χ4v) is 3.74. The molecule has 0 bridgehead atoms. The molecule has 2 N–H and O–H groups in total. The van der Waals surface area contributed by atoms with Gasteiger partial charge in [0.25, 0.3) is 0 Å². The topological polar surface area (TPSA) is 72.6 Å². The van der Waals surface area contributed by atoms with Gasteiger partial charge in [-0.25, -0.2) is 8.42 Å². The summed E-state index contributed by atoms with van der Waals surface area (Å²) in [6, 6.07) is 0. The van der Waals surface area contributed by atoms with Crippen molar-refractivity contribution < 1.29 is 13.2 Å². The van der Waals surface area contributed by atoms with Crippen LogP contribution in [0.3, 0.4) is 0 Å². The molecule has 0 atom stereocenters. The van der Waals surface area contributed by atoms with Crippen LogP contribution >= 0.6 is 12.2 Å². The van der Waals surface area contributed by atoms with E-state index in [9.17, 15) is 8.42 Å². The minimum Gasteiger partial charge on any atom is -0.392 e. The molecule has 0 radical (unpaired) electrons. The van der Waals surface area contributed by atoms with Crippen molar-refractivity contribution in [3.8, 4) is 0 Å². The van der Waals surface area contributed by atoms with Crippen LogP contribution in [-0.4, -0.2) is 48.8 Å². The van der Waals surface area contributed by atoms with Crippen molar-refractivity contribution in [2.75, 3.05) is 25.5 Å². The van der Waals surface area contributed by atoms with Crippen molar-refractivity contribution in [3.63, 3.8) is 0 Å². The number of morpholine rings is 1. The van der Waals surface area contributed by atoms with E-state index >= 15 is 0 Å². The van der Waals surface area contributed by atoms with Crippen LogP contribution < -0.4 is 5.73 Å². The third-order valence-electron chi connectivity index (χ3n) is 2.23. The molecule has 5 nitrogen and oxygen atoms in total. The van der Waals surface area contributed by atoms with Crippen molar-refractivity contribution in [1.82, 2.24) is 4.31 Å². The Morgan fingerprint density at radius 2 is 2.20 bits per heavy atom. The highest BCUT2D eigenvalue weighted by atomic mass is 32.2. The van der Waals surface area contributed by atoms with E-state index in [0.717, 1.165) is 0 Å². The molecule has 1 fully saturated rings. The Morgan fingerprint density at radius 1 is 1.60 bits per heavy atom. The highest BCUT2D eigenvalue weighted by molar-refractivity contribution is 7.92. The van der Waals surface area contributed by atoms with Gasteiger partial charge in [0.05, 0.1) is 23.7 Å². The van der Waals surface area contributed by atoms with Crippen molar-refractivity contribution in [2.45, 2.75) is 19.4 Å². The van der Waals surface area contributed by atoms with Crippen molar-refractivity contribution in [3.05, 3.63) is 0 Å². The standard InChI is InChI=1S/C8H16N2O3S2/c1-8(2)6-13-4-3-10(8)15(11,12)5-7(9)14/h3-6H2,1-2H3,(H2,9,14). The minimum atomic E-state index is -3.40. The molecule has 1 aliphatic rings. The lowest BCUT2D eigenvalue weighted by Crippen LogP contribution is -2.56. The molecule has 0 aromatic heterocycles. The highest BCUT2D eigenvalue weighted by Gasteiger charge is 2.38. The molecule has 15 heavy (non-hydrogen) atoms. The van der Waals surface area contributed by atoms with Crippen molar-refractivity contribution >= 4 is 27.2 Å². The average Bonchev–Trinajstić information content (AvgIpc) is 1.99. The lowest BCUT2D eigenvalue weighted by atomic mass is 10.1. The zero-order valence-corrected chi connectivity index (χ0v) is 10.5. The maximum atomic E-state index is 11.9. The third-order valence-corrected chi connectivity index (χ3v) is 4.58. The van der Waals surface area contributed by atoms with Crippen LogP contribution in [0.2, 0.25) is 0 Å². The van der Waals surface area contributed by atoms with Gasteiger partial charge in [-0.3, -0.25) is 0 Å². The van der Waals surface area contributed by atoms with Crippen LogP contribution in [0, 0.1) is 0 Å². The first-order valence-electron chi connectivity index (χ1n) is 4.62. The van der Waals surface area contributed by atoms with Gasteiger partial charge >= 0.3 is 0 Å². The molecule has 0 aromatic rings. The molecule has 88 valence electrons. The summed E-state index contributed by atoms with van der Waals surface area (Å²) in [5, 5.41) is 0. The van der Waals surface area contributed by atoms with E-state index in [-0.39, 0.29) is 10.7 Å². The van der Waals surface area contributed by atoms with Gasteiger partial charge in [0.2, 0.25) is 10.0 Å². The predicted octanol–water partition coefficient (Wildman–Crippen LogP) is -0.287. The first kappa shape index (κ1) is 12.8. The molecule has 0 spiro atoms. The van der Waals surface area contributed by atoms with Gasteiger partial charge in [-0.15, -0.1) is 0 Å². The number of ether oxygens (including phenoxy) is 1. The fraction of sp³-hybridized carbons (Fsp3) is 0.875. The molecule has 0 amide bonds. The maximum Gasteiger partial charge on any atom is 0.221 e. The summed E-state index contributed by atoms with van der Waals surface area (Å²) in [4.78, 5) is -0.00251. The summed E-state index contributed by atoms with van der Waals surface area (Å²) < 4.78 is 30.5. The summed E-state index contributed by atoms with van der Waals surface area (Å²) in [7, 11) is -3.40. The summed E-state index contributed by atoms with van der Waals surface area (Å²) >= 11 is 4.63. The lowest BCUT2D eigenvalue weighted by Gasteiger charge is -2.40. The second kappa shape index (κ2) is 4.32. The van der Waals surface area contributed by atoms with Crippen molar-refractivity contribution in [1.29, 1.82) is 0 Å². The van der Waals surface area contributed by atoms with E-state index in [1.54, 1.807) is 0 Å². The van der Waals surface area contributed by atoms with Gasteiger partial charge in [-0.1, -0.05) is 12.2 Å². The molecule has 1 saturated heterocycles. The van der Waals surface area contributed by atoms with Gasteiger partial charge in [0, 0.05) is 6.54 Å². The predicted molar refractivity (Wildman–Crippen MR) is 62.2 cm³/mol. The van der Waals surface area contributed by atoms with E-state index in [2.05, 4.69) is 12.2 Å². The minimum absolute atomic E-state index is 0.00251. The molecular formula is C8H16N2O3S2. The number of nitrogens with zero attached hydrogens (tertiary/aromatic N) is 1. The Hall–Kier alpha value is -0.240. The molecule has 1 rings (SSSR count). The Balaban J connectivity index is 2.90. The zero-order chi connectivity index (χ0) is 11.7. The first-order valence-corrected chi connectivity index (χ1v) is 6.64. The van der Waals surface area contributed by atoms with E-state index in [0.29, 0.717) is 19.8 Å². The third kappa shape index (κ3) is 3.10. The monoisotopic (exact) mass is 252 g/mol. The lowest BCUT2D eigenvalue weighted by molar-refractivity contribution is -0.00749. The Kier molecular flexibility index (Phi) is 3.70. The van der Waals surface area contributed by atoms with Gasteiger partial charge < -0.3 is 10.5 Å².